The molecule has 0 saturated carbocycles. The van der Waals surface area contributed by atoms with Gasteiger partial charge in [0.15, 0.2) is 0 Å². The second kappa shape index (κ2) is 3.16. The van der Waals surface area contributed by atoms with Gasteiger partial charge in [-0.3, -0.25) is 0 Å². The Kier molecular flexibility index (Phi) is 2.46. The summed E-state index contributed by atoms with van der Waals surface area (Å²) < 4.78 is 0.109. The summed E-state index contributed by atoms with van der Waals surface area (Å²) in [5.74, 6) is 0. The molecule has 1 nitrogen and oxygen atoms in total. The van der Waals surface area contributed by atoms with Gasteiger partial charge >= 0.3 is 65.6 Å². The molecule has 1 rings (SSSR count). The average Bonchev–Trinajstić information content (AvgIpc) is 2.15. The standard InChI is InChI=1S/C6H5OSSe/c7-6(9)4-5-2-1-3-8-5/h1-3H,4H2. The number of hydrogen-bond acceptors (Lipinski definition) is 2. The van der Waals surface area contributed by atoms with Crippen molar-refractivity contribution in [3.8, 4) is 0 Å². The minimum atomic E-state index is 0.109. The molecule has 0 atom stereocenters. The van der Waals surface area contributed by atoms with Crippen molar-refractivity contribution in [2.75, 3.05) is 0 Å². The summed E-state index contributed by atoms with van der Waals surface area (Å²) in [6.07, 6.45) is 0.539. The number of thiophene rings is 1. The number of carbonyl (C=O) groups excluding carboxylic acids is 1. The molecule has 1 aromatic heterocycles. The van der Waals surface area contributed by atoms with Crippen molar-refractivity contribution >= 4 is 32.0 Å². The van der Waals surface area contributed by atoms with Crippen LogP contribution in [0.3, 0.4) is 0 Å². The zero-order chi connectivity index (χ0) is 6.69. The van der Waals surface area contributed by atoms with E-state index in [1.54, 1.807) is 11.3 Å². The van der Waals surface area contributed by atoms with Gasteiger partial charge in [0.2, 0.25) is 0 Å². The van der Waals surface area contributed by atoms with Crippen LogP contribution in [0, 0.1) is 0 Å². The maximum atomic E-state index is 10.5. The fourth-order valence-corrected chi connectivity index (χ4v) is 1.79. The molecule has 0 unspecified atom stereocenters. The molecule has 0 aromatic carbocycles. The van der Waals surface area contributed by atoms with Crippen LogP contribution in [-0.2, 0) is 11.2 Å². The molecule has 47 valence electrons. The first kappa shape index (κ1) is 7.00. The zero-order valence-electron chi connectivity index (χ0n) is 4.66. The molecule has 1 heterocycles. The van der Waals surface area contributed by atoms with Gasteiger partial charge in [-0.25, -0.2) is 0 Å². The first-order valence-corrected chi connectivity index (χ1v) is 4.25. The van der Waals surface area contributed by atoms with Gasteiger partial charge in [0, 0.05) is 0 Å². The molecule has 1 radical (unpaired) electrons. The van der Waals surface area contributed by atoms with E-state index < -0.39 is 0 Å². The van der Waals surface area contributed by atoms with E-state index in [0.717, 1.165) is 4.88 Å². The Bertz CT molecular complexity index is 193. The van der Waals surface area contributed by atoms with E-state index in [4.69, 9.17) is 0 Å². The van der Waals surface area contributed by atoms with Gasteiger partial charge < -0.3 is 0 Å². The molecule has 0 bridgehead atoms. The monoisotopic (exact) mass is 205 g/mol. The van der Waals surface area contributed by atoms with Crippen molar-refractivity contribution in [3.05, 3.63) is 22.4 Å². The van der Waals surface area contributed by atoms with Crippen LogP contribution in [0.1, 0.15) is 4.88 Å². The summed E-state index contributed by atoms with van der Waals surface area (Å²) in [6.45, 7) is 0. The van der Waals surface area contributed by atoms with E-state index in [-0.39, 0.29) is 4.68 Å². The predicted molar refractivity (Wildman–Crippen MR) is 38.8 cm³/mol. The van der Waals surface area contributed by atoms with Crippen LogP contribution in [0.4, 0.5) is 0 Å². The van der Waals surface area contributed by atoms with Gasteiger partial charge in [0.25, 0.3) is 0 Å². The Morgan fingerprint density at radius 1 is 1.78 bits per heavy atom. The van der Waals surface area contributed by atoms with Gasteiger partial charge in [-0.1, -0.05) is 0 Å². The molecule has 9 heavy (non-hydrogen) atoms. The number of rotatable bonds is 2. The molecule has 0 aliphatic rings. The Hall–Kier alpha value is -0.111. The topological polar surface area (TPSA) is 17.1 Å². The van der Waals surface area contributed by atoms with Crippen LogP contribution in [0.5, 0.6) is 0 Å². The van der Waals surface area contributed by atoms with Crippen molar-refractivity contribution in [1.82, 2.24) is 0 Å². The molecule has 0 fully saturated rings. The van der Waals surface area contributed by atoms with Gasteiger partial charge in [0.1, 0.15) is 0 Å². The van der Waals surface area contributed by atoms with E-state index in [0.29, 0.717) is 6.42 Å². The van der Waals surface area contributed by atoms with Gasteiger partial charge in [0.05, 0.1) is 0 Å². The van der Waals surface area contributed by atoms with Crippen molar-refractivity contribution < 1.29 is 4.79 Å². The summed E-state index contributed by atoms with van der Waals surface area (Å²) in [7, 11) is 0. The molecule has 3 heteroatoms. The van der Waals surface area contributed by atoms with Crippen LogP contribution in [0.25, 0.3) is 0 Å². The number of hydrogen-bond donors (Lipinski definition) is 0. The number of carbonyl (C=O) groups is 1. The third-order valence-electron chi connectivity index (χ3n) is 0.899. The van der Waals surface area contributed by atoms with Gasteiger partial charge in [-0.15, -0.1) is 0 Å². The molecule has 0 N–H and O–H groups in total. The Labute approximate surface area is 65.9 Å². The SMILES string of the molecule is O=C([Se])Cc1cccs1. The van der Waals surface area contributed by atoms with Crippen molar-refractivity contribution in [2.24, 2.45) is 0 Å². The van der Waals surface area contributed by atoms with Crippen molar-refractivity contribution in [3.63, 3.8) is 0 Å². The fraction of sp³-hybridized carbons (Fsp3) is 0.167. The van der Waals surface area contributed by atoms with E-state index >= 15 is 0 Å². The summed E-state index contributed by atoms with van der Waals surface area (Å²) in [5, 5.41) is 1.97. The molecular weight excluding hydrogens is 199 g/mol. The Morgan fingerprint density at radius 2 is 2.56 bits per heavy atom. The average molecular weight is 204 g/mol. The minimum absolute atomic E-state index is 0.109. The molecule has 0 saturated heterocycles. The molecule has 0 amide bonds. The van der Waals surface area contributed by atoms with Crippen LogP contribution in [0.2, 0.25) is 0 Å². The van der Waals surface area contributed by atoms with Crippen LogP contribution < -0.4 is 0 Å². The van der Waals surface area contributed by atoms with E-state index in [9.17, 15) is 4.79 Å². The van der Waals surface area contributed by atoms with E-state index in [1.165, 1.54) is 0 Å². The summed E-state index contributed by atoms with van der Waals surface area (Å²) >= 11 is 4.06. The Balaban J connectivity index is 2.58. The third kappa shape index (κ3) is 2.31. The molecule has 0 spiro atoms. The fourth-order valence-electron chi connectivity index (χ4n) is 0.555. The first-order valence-electron chi connectivity index (χ1n) is 2.51. The molecule has 1 aromatic rings. The normalized spacial score (nSPS) is 9.33. The maximum absolute atomic E-state index is 10.5. The van der Waals surface area contributed by atoms with Crippen molar-refractivity contribution in [2.45, 2.75) is 6.42 Å². The van der Waals surface area contributed by atoms with Crippen LogP contribution in [0.15, 0.2) is 17.5 Å². The Morgan fingerprint density at radius 3 is 3.00 bits per heavy atom. The van der Waals surface area contributed by atoms with E-state index in [1.807, 2.05) is 17.5 Å². The van der Waals surface area contributed by atoms with Crippen LogP contribution in [-0.4, -0.2) is 20.7 Å². The zero-order valence-corrected chi connectivity index (χ0v) is 7.19. The quantitative estimate of drug-likeness (QED) is 0.656. The summed E-state index contributed by atoms with van der Waals surface area (Å²) in [6, 6.07) is 3.91. The summed E-state index contributed by atoms with van der Waals surface area (Å²) in [5.41, 5.74) is 0. The van der Waals surface area contributed by atoms with Crippen LogP contribution >= 0.6 is 11.3 Å². The van der Waals surface area contributed by atoms with Gasteiger partial charge in [-0.2, -0.15) is 0 Å². The molecule has 0 aliphatic heterocycles. The first-order chi connectivity index (χ1) is 4.29. The van der Waals surface area contributed by atoms with E-state index in [2.05, 4.69) is 16.0 Å². The predicted octanol–water partition coefficient (Wildman–Crippen LogP) is 0.986. The second-order valence-corrected chi connectivity index (χ2v) is 3.62. The van der Waals surface area contributed by atoms with Crippen molar-refractivity contribution in [1.29, 1.82) is 0 Å². The third-order valence-corrected chi connectivity index (χ3v) is 2.08. The van der Waals surface area contributed by atoms with Gasteiger partial charge in [-0.05, 0) is 0 Å². The summed E-state index contributed by atoms with van der Waals surface area (Å²) in [4.78, 5) is 11.6. The molecular formula is C6H5OSSe. The second-order valence-electron chi connectivity index (χ2n) is 1.63. The molecule has 0 aliphatic carbocycles.